The van der Waals surface area contributed by atoms with Gasteiger partial charge in [0, 0.05) is 0 Å². The van der Waals surface area contributed by atoms with Crippen LogP contribution in [0.15, 0.2) is 0 Å². The second-order valence-corrected chi connectivity index (χ2v) is 6.69. The molecule has 0 atom stereocenters. The Labute approximate surface area is 144 Å². The quantitative estimate of drug-likeness (QED) is 0.204. The maximum Gasteiger partial charge on any atom is 0.179 e. The molecule has 20 heavy (non-hydrogen) atoms. The van der Waals surface area contributed by atoms with Crippen LogP contribution >= 0.6 is 0 Å². The van der Waals surface area contributed by atoms with E-state index in [0.29, 0.717) is 0 Å². The van der Waals surface area contributed by atoms with Crippen molar-refractivity contribution in [1.29, 1.82) is 0 Å². The van der Waals surface area contributed by atoms with Crippen LogP contribution < -0.4 is 24.0 Å². The molecule has 2 nitrogen and oxygen atoms in total. The Morgan fingerprint density at radius 1 is 0.650 bits per heavy atom. The zero-order valence-electron chi connectivity index (χ0n) is 14.2. The van der Waals surface area contributed by atoms with E-state index >= 15 is 0 Å². The lowest BCUT2D eigenvalue weighted by molar-refractivity contribution is -0.909. The number of rotatable bonds is 14. The summed E-state index contributed by atoms with van der Waals surface area (Å²) in [6.07, 6.45) is 16.8. The monoisotopic (exact) mass is 399 g/mol. The summed E-state index contributed by atoms with van der Waals surface area (Å²) in [6.45, 7) is 3.65. The fourth-order valence-electron chi connectivity index (χ4n) is 2.45. The highest BCUT2D eigenvalue weighted by molar-refractivity contribution is 4.48. The van der Waals surface area contributed by atoms with Crippen molar-refractivity contribution in [3.8, 4) is 0 Å². The SMILES string of the molecule is CCCCCCCCCCCCCC[N+](C)(C)CO.[I-]. The molecule has 0 aromatic rings. The summed E-state index contributed by atoms with van der Waals surface area (Å²) >= 11 is 0. The number of aliphatic hydroxyl groups excluding tert-OH is 1. The van der Waals surface area contributed by atoms with Gasteiger partial charge in [-0.05, 0) is 12.8 Å². The van der Waals surface area contributed by atoms with E-state index in [-0.39, 0.29) is 30.7 Å². The highest BCUT2D eigenvalue weighted by Crippen LogP contribution is 2.12. The summed E-state index contributed by atoms with van der Waals surface area (Å²) in [5.41, 5.74) is 0. The molecule has 0 aromatic heterocycles. The molecule has 0 radical (unpaired) electrons. The number of halogens is 1. The molecule has 0 aliphatic rings. The molecule has 0 rings (SSSR count). The van der Waals surface area contributed by atoms with Crippen LogP contribution in [0.1, 0.15) is 84.0 Å². The third-order valence-corrected chi connectivity index (χ3v) is 4.00. The van der Waals surface area contributed by atoms with Crippen LogP contribution in [0.25, 0.3) is 0 Å². The molecule has 3 heteroatoms. The van der Waals surface area contributed by atoms with Crippen molar-refractivity contribution in [1.82, 2.24) is 0 Å². The van der Waals surface area contributed by atoms with Gasteiger partial charge in [-0.15, -0.1) is 0 Å². The van der Waals surface area contributed by atoms with Gasteiger partial charge in [0.05, 0.1) is 20.6 Å². The van der Waals surface area contributed by atoms with Crippen molar-refractivity contribution in [2.45, 2.75) is 84.0 Å². The van der Waals surface area contributed by atoms with Gasteiger partial charge in [-0.2, -0.15) is 0 Å². The molecular formula is C17H38INO. The zero-order valence-corrected chi connectivity index (χ0v) is 16.3. The molecule has 0 aliphatic carbocycles. The number of hydrogen-bond acceptors (Lipinski definition) is 1. The first kappa shape index (κ1) is 22.9. The molecule has 0 heterocycles. The van der Waals surface area contributed by atoms with Crippen molar-refractivity contribution in [3.63, 3.8) is 0 Å². The van der Waals surface area contributed by atoms with Gasteiger partial charge in [0.1, 0.15) is 0 Å². The molecule has 0 saturated carbocycles. The van der Waals surface area contributed by atoms with Crippen molar-refractivity contribution < 1.29 is 33.6 Å². The van der Waals surface area contributed by atoms with Crippen LogP contribution in [-0.4, -0.2) is 37.0 Å². The summed E-state index contributed by atoms with van der Waals surface area (Å²) in [7, 11) is 4.19. The Morgan fingerprint density at radius 2 is 1.00 bits per heavy atom. The number of nitrogens with zero attached hydrogens (tertiary/aromatic N) is 1. The first-order chi connectivity index (χ1) is 9.12. The van der Waals surface area contributed by atoms with Gasteiger partial charge in [0.15, 0.2) is 6.73 Å². The van der Waals surface area contributed by atoms with Gasteiger partial charge in [-0.3, -0.25) is 0 Å². The lowest BCUT2D eigenvalue weighted by Crippen LogP contribution is -3.00. The molecular weight excluding hydrogens is 361 g/mol. The summed E-state index contributed by atoms with van der Waals surface area (Å²) in [5, 5.41) is 9.14. The molecule has 0 aromatic carbocycles. The predicted octanol–water partition coefficient (Wildman–Crippen LogP) is 1.72. The molecule has 124 valence electrons. The number of unbranched alkanes of at least 4 members (excludes halogenated alkanes) is 11. The van der Waals surface area contributed by atoms with Gasteiger partial charge in [-0.1, -0.05) is 71.1 Å². The fourth-order valence-corrected chi connectivity index (χ4v) is 2.45. The standard InChI is InChI=1S/C17H38NO.HI/c1-4-5-6-7-8-9-10-11-12-13-14-15-16-18(2,3)17-19;/h19H,4-17H2,1-3H3;1H/q+1;/p-1. The maximum atomic E-state index is 9.14. The van der Waals surface area contributed by atoms with Crippen molar-refractivity contribution in [2.75, 3.05) is 27.4 Å². The van der Waals surface area contributed by atoms with E-state index in [0.717, 1.165) is 11.0 Å². The molecule has 0 spiro atoms. The van der Waals surface area contributed by atoms with Crippen LogP contribution in [0.4, 0.5) is 0 Å². The van der Waals surface area contributed by atoms with E-state index in [4.69, 9.17) is 5.11 Å². The zero-order chi connectivity index (χ0) is 14.4. The second-order valence-electron chi connectivity index (χ2n) is 6.69. The second kappa shape index (κ2) is 16.0. The van der Waals surface area contributed by atoms with Gasteiger partial charge < -0.3 is 33.6 Å². The van der Waals surface area contributed by atoms with Crippen LogP contribution in [0.3, 0.4) is 0 Å². The van der Waals surface area contributed by atoms with Crippen LogP contribution in [0.5, 0.6) is 0 Å². The minimum atomic E-state index is 0. The van der Waals surface area contributed by atoms with Gasteiger partial charge in [0.25, 0.3) is 0 Å². The number of quaternary nitrogens is 1. The van der Waals surface area contributed by atoms with Crippen LogP contribution in [0, 0.1) is 0 Å². The highest BCUT2D eigenvalue weighted by atomic mass is 127. The summed E-state index contributed by atoms with van der Waals surface area (Å²) in [4.78, 5) is 0. The number of hydrogen-bond donors (Lipinski definition) is 1. The molecule has 0 amide bonds. The highest BCUT2D eigenvalue weighted by Gasteiger charge is 2.11. The van der Waals surface area contributed by atoms with Crippen molar-refractivity contribution >= 4 is 0 Å². The molecule has 0 saturated heterocycles. The lowest BCUT2D eigenvalue weighted by Gasteiger charge is -2.26. The Balaban J connectivity index is 0. The summed E-state index contributed by atoms with van der Waals surface area (Å²) in [5.74, 6) is 0. The summed E-state index contributed by atoms with van der Waals surface area (Å²) in [6, 6.07) is 0. The predicted molar refractivity (Wildman–Crippen MR) is 85.1 cm³/mol. The molecule has 0 fully saturated rings. The van der Waals surface area contributed by atoms with E-state index in [9.17, 15) is 0 Å². The largest absolute Gasteiger partial charge is 1.00 e. The molecule has 0 unspecified atom stereocenters. The van der Waals surface area contributed by atoms with Crippen molar-refractivity contribution in [2.24, 2.45) is 0 Å². The Bertz CT molecular complexity index is 186. The van der Waals surface area contributed by atoms with E-state index in [1.165, 1.54) is 77.0 Å². The van der Waals surface area contributed by atoms with E-state index < -0.39 is 0 Å². The smallest absolute Gasteiger partial charge is 0.179 e. The third kappa shape index (κ3) is 16.7. The van der Waals surface area contributed by atoms with Gasteiger partial charge in [-0.25, -0.2) is 0 Å². The summed E-state index contributed by atoms with van der Waals surface area (Å²) < 4.78 is 0.748. The first-order valence-corrected chi connectivity index (χ1v) is 8.55. The van der Waals surface area contributed by atoms with E-state index in [2.05, 4.69) is 21.0 Å². The minimum Gasteiger partial charge on any atom is -1.00 e. The van der Waals surface area contributed by atoms with Crippen molar-refractivity contribution in [3.05, 3.63) is 0 Å². The Kier molecular flexibility index (Phi) is 18.4. The van der Waals surface area contributed by atoms with E-state index in [1.807, 2.05) is 0 Å². The Hall–Kier alpha value is 0.650. The lowest BCUT2D eigenvalue weighted by atomic mass is 10.1. The van der Waals surface area contributed by atoms with Gasteiger partial charge >= 0.3 is 0 Å². The topological polar surface area (TPSA) is 20.2 Å². The van der Waals surface area contributed by atoms with E-state index in [1.54, 1.807) is 0 Å². The van der Waals surface area contributed by atoms with Crippen LogP contribution in [-0.2, 0) is 0 Å². The molecule has 0 bridgehead atoms. The molecule has 1 N–H and O–H groups in total. The average molecular weight is 399 g/mol. The Morgan fingerprint density at radius 3 is 1.35 bits per heavy atom. The average Bonchev–Trinajstić information content (AvgIpc) is 2.40. The third-order valence-electron chi connectivity index (χ3n) is 4.00. The maximum absolute atomic E-state index is 9.14. The van der Waals surface area contributed by atoms with Crippen LogP contribution in [0.2, 0.25) is 0 Å². The minimum absolute atomic E-state index is 0. The fraction of sp³-hybridized carbons (Fsp3) is 1.00. The normalized spacial score (nSPS) is 11.4. The molecule has 0 aliphatic heterocycles. The van der Waals surface area contributed by atoms with Gasteiger partial charge in [0.2, 0.25) is 0 Å². The number of aliphatic hydroxyl groups is 1. The first-order valence-electron chi connectivity index (χ1n) is 8.55.